The number of benzene rings is 1. The first-order valence-corrected chi connectivity index (χ1v) is 4.72. The van der Waals surface area contributed by atoms with Gasteiger partial charge in [0.05, 0.1) is 0 Å². The lowest BCUT2D eigenvalue weighted by Crippen LogP contribution is -2.22. The highest BCUT2D eigenvalue weighted by molar-refractivity contribution is 5.79. The van der Waals surface area contributed by atoms with E-state index in [9.17, 15) is 4.79 Å². The van der Waals surface area contributed by atoms with E-state index < -0.39 is 0 Å². The fourth-order valence-electron chi connectivity index (χ4n) is 0.951. The third-order valence-corrected chi connectivity index (χ3v) is 1.83. The summed E-state index contributed by atoms with van der Waals surface area (Å²) >= 11 is 0. The summed E-state index contributed by atoms with van der Waals surface area (Å²) in [5.41, 5.74) is 1.08. The van der Waals surface area contributed by atoms with Crippen LogP contribution in [0.3, 0.4) is 0 Å². The van der Waals surface area contributed by atoms with Crippen LogP contribution in [0.25, 0.3) is 6.08 Å². The summed E-state index contributed by atoms with van der Waals surface area (Å²) in [6, 6.07) is 9.86. The summed E-state index contributed by atoms with van der Waals surface area (Å²) in [5, 5.41) is 2.71. The summed E-state index contributed by atoms with van der Waals surface area (Å²) < 4.78 is 0. The predicted octanol–water partition coefficient (Wildman–Crippen LogP) is 2.43. The maximum absolute atomic E-state index is 11.2. The molecule has 14 heavy (non-hydrogen) atoms. The van der Waals surface area contributed by atoms with Gasteiger partial charge in [-0.05, 0) is 11.6 Å². The third-order valence-electron chi connectivity index (χ3n) is 1.83. The number of carbonyl (C=O) groups excluding carboxylic acids is 1. The summed E-state index contributed by atoms with van der Waals surface area (Å²) in [5.74, 6) is 0.0626. The van der Waals surface area contributed by atoms with E-state index in [1.54, 1.807) is 6.20 Å². The Morgan fingerprint density at radius 3 is 2.50 bits per heavy atom. The first kappa shape index (κ1) is 10.5. The minimum atomic E-state index is 0.0235. The van der Waals surface area contributed by atoms with Crippen LogP contribution in [0.5, 0.6) is 0 Å². The van der Waals surface area contributed by atoms with Gasteiger partial charge < -0.3 is 5.32 Å². The van der Waals surface area contributed by atoms with Crippen LogP contribution in [-0.2, 0) is 4.79 Å². The standard InChI is InChI=1S/C12H15NO/c1-10(2)12(14)13-9-8-11-6-4-3-5-7-11/h3-10H,1-2H3,(H,13,14)/b9-8+. The van der Waals surface area contributed by atoms with Crippen molar-refractivity contribution in [3.05, 3.63) is 42.1 Å². The largest absolute Gasteiger partial charge is 0.332 e. The van der Waals surface area contributed by atoms with Crippen LogP contribution in [0.2, 0.25) is 0 Å². The van der Waals surface area contributed by atoms with E-state index in [1.165, 1.54) is 0 Å². The maximum Gasteiger partial charge on any atom is 0.226 e. The molecule has 0 aliphatic rings. The fraction of sp³-hybridized carbons (Fsp3) is 0.250. The summed E-state index contributed by atoms with van der Waals surface area (Å²) in [7, 11) is 0. The molecule has 0 saturated heterocycles. The highest BCUT2D eigenvalue weighted by Gasteiger charge is 2.02. The van der Waals surface area contributed by atoms with Crippen molar-refractivity contribution in [3.63, 3.8) is 0 Å². The van der Waals surface area contributed by atoms with E-state index in [0.29, 0.717) is 0 Å². The van der Waals surface area contributed by atoms with Gasteiger partial charge in [0, 0.05) is 12.1 Å². The van der Waals surface area contributed by atoms with Gasteiger partial charge in [0.2, 0.25) is 5.91 Å². The molecule has 0 atom stereocenters. The van der Waals surface area contributed by atoms with Gasteiger partial charge in [0.1, 0.15) is 0 Å². The van der Waals surface area contributed by atoms with E-state index in [-0.39, 0.29) is 11.8 Å². The van der Waals surface area contributed by atoms with E-state index >= 15 is 0 Å². The zero-order valence-electron chi connectivity index (χ0n) is 8.53. The monoisotopic (exact) mass is 189 g/mol. The molecule has 0 aliphatic carbocycles. The Morgan fingerprint density at radius 2 is 1.93 bits per heavy atom. The van der Waals surface area contributed by atoms with Crippen LogP contribution in [0, 0.1) is 5.92 Å². The van der Waals surface area contributed by atoms with E-state index in [0.717, 1.165) is 5.56 Å². The molecule has 0 radical (unpaired) electrons. The quantitative estimate of drug-likeness (QED) is 0.777. The molecule has 0 aromatic heterocycles. The molecule has 0 spiro atoms. The van der Waals surface area contributed by atoms with Gasteiger partial charge >= 0.3 is 0 Å². The molecule has 2 heteroatoms. The summed E-state index contributed by atoms with van der Waals surface area (Å²) in [6.45, 7) is 3.73. The van der Waals surface area contributed by atoms with Crippen LogP contribution in [0.4, 0.5) is 0 Å². The molecule has 1 N–H and O–H groups in total. The molecule has 74 valence electrons. The molecule has 0 heterocycles. The van der Waals surface area contributed by atoms with Crippen molar-refractivity contribution in [2.24, 2.45) is 5.92 Å². The molecule has 0 aliphatic heterocycles. The van der Waals surface area contributed by atoms with Gasteiger partial charge in [-0.3, -0.25) is 4.79 Å². The van der Waals surface area contributed by atoms with Gasteiger partial charge in [-0.1, -0.05) is 44.2 Å². The van der Waals surface area contributed by atoms with Crippen LogP contribution >= 0.6 is 0 Å². The van der Waals surface area contributed by atoms with Crippen LogP contribution < -0.4 is 5.32 Å². The smallest absolute Gasteiger partial charge is 0.226 e. The van der Waals surface area contributed by atoms with Crippen molar-refractivity contribution in [2.75, 3.05) is 0 Å². The number of rotatable bonds is 3. The second-order valence-corrected chi connectivity index (χ2v) is 3.41. The first-order chi connectivity index (χ1) is 6.70. The highest BCUT2D eigenvalue weighted by Crippen LogP contribution is 2.00. The van der Waals surface area contributed by atoms with E-state index in [2.05, 4.69) is 5.32 Å². The van der Waals surface area contributed by atoms with Crippen molar-refractivity contribution in [3.8, 4) is 0 Å². The maximum atomic E-state index is 11.2. The topological polar surface area (TPSA) is 29.1 Å². The Morgan fingerprint density at radius 1 is 1.29 bits per heavy atom. The third kappa shape index (κ3) is 3.44. The van der Waals surface area contributed by atoms with Crippen LogP contribution in [0.1, 0.15) is 19.4 Å². The number of nitrogens with one attached hydrogen (secondary N) is 1. The molecule has 1 rings (SSSR count). The van der Waals surface area contributed by atoms with Gasteiger partial charge in [-0.25, -0.2) is 0 Å². The molecular weight excluding hydrogens is 174 g/mol. The molecule has 1 aromatic rings. The molecular formula is C12H15NO. The van der Waals surface area contributed by atoms with E-state index in [4.69, 9.17) is 0 Å². The van der Waals surface area contributed by atoms with Crippen molar-refractivity contribution in [2.45, 2.75) is 13.8 Å². The molecule has 0 fully saturated rings. The van der Waals surface area contributed by atoms with Gasteiger partial charge in [-0.2, -0.15) is 0 Å². The zero-order valence-corrected chi connectivity index (χ0v) is 8.53. The fourth-order valence-corrected chi connectivity index (χ4v) is 0.951. The Kier molecular flexibility index (Phi) is 3.92. The van der Waals surface area contributed by atoms with Gasteiger partial charge in [0.25, 0.3) is 0 Å². The SMILES string of the molecule is CC(C)C(=O)N/C=C/c1ccccc1. The van der Waals surface area contributed by atoms with Crippen LogP contribution in [0.15, 0.2) is 36.5 Å². The Balaban J connectivity index is 2.46. The van der Waals surface area contributed by atoms with Crippen LogP contribution in [-0.4, -0.2) is 5.91 Å². The zero-order chi connectivity index (χ0) is 10.4. The Bertz CT molecular complexity index is 314. The predicted molar refractivity (Wildman–Crippen MR) is 58.5 cm³/mol. The summed E-state index contributed by atoms with van der Waals surface area (Å²) in [6.07, 6.45) is 3.55. The van der Waals surface area contributed by atoms with E-state index in [1.807, 2.05) is 50.3 Å². The molecule has 1 amide bonds. The minimum Gasteiger partial charge on any atom is -0.332 e. The normalized spacial score (nSPS) is 10.8. The number of amides is 1. The average Bonchev–Trinajstić information content (AvgIpc) is 2.19. The number of carbonyl (C=O) groups is 1. The van der Waals surface area contributed by atoms with Crippen molar-refractivity contribution >= 4 is 12.0 Å². The Labute approximate surface area is 84.6 Å². The van der Waals surface area contributed by atoms with Crippen molar-refractivity contribution in [1.29, 1.82) is 0 Å². The first-order valence-electron chi connectivity index (χ1n) is 4.72. The lowest BCUT2D eigenvalue weighted by molar-refractivity contribution is -0.122. The Hall–Kier alpha value is -1.57. The highest BCUT2D eigenvalue weighted by atomic mass is 16.1. The van der Waals surface area contributed by atoms with Gasteiger partial charge in [0.15, 0.2) is 0 Å². The average molecular weight is 189 g/mol. The molecule has 2 nitrogen and oxygen atoms in total. The molecule has 0 bridgehead atoms. The lowest BCUT2D eigenvalue weighted by Gasteiger charge is -2.01. The molecule has 0 saturated carbocycles. The molecule has 1 aromatic carbocycles. The minimum absolute atomic E-state index is 0.0235. The van der Waals surface area contributed by atoms with Crippen molar-refractivity contribution < 1.29 is 4.79 Å². The van der Waals surface area contributed by atoms with Crippen molar-refractivity contribution in [1.82, 2.24) is 5.32 Å². The number of hydrogen-bond donors (Lipinski definition) is 1. The second kappa shape index (κ2) is 5.22. The second-order valence-electron chi connectivity index (χ2n) is 3.41. The lowest BCUT2D eigenvalue weighted by atomic mass is 10.2. The van der Waals surface area contributed by atoms with Gasteiger partial charge in [-0.15, -0.1) is 0 Å². The summed E-state index contributed by atoms with van der Waals surface area (Å²) in [4.78, 5) is 11.2. The molecule has 0 unspecified atom stereocenters. The number of hydrogen-bond acceptors (Lipinski definition) is 1.